The predicted molar refractivity (Wildman–Crippen MR) is 78.6 cm³/mol. The van der Waals surface area contributed by atoms with Gasteiger partial charge >= 0.3 is 0 Å². The van der Waals surface area contributed by atoms with Crippen LogP contribution >= 0.6 is 15.9 Å². The Morgan fingerprint density at radius 2 is 1.89 bits per heavy atom. The lowest BCUT2D eigenvalue weighted by Crippen LogP contribution is -2.13. The quantitative estimate of drug-likeness (QED) is 0.852. The molecule has 0 radical (unpaired) electrons. The van der Waals surface area contributed by atoms with E-state index < -0.39 is 0 Å². The van der Waals surface area contributed by atoms with Crippen LogP contribution in [0.4, 0.5) is 5.82 Å². The molecule has 2 N–H and O–H groups in total. The van der Waals surface area contributed by atoms with Gasteiger partial charge in [0.2, 0.25) is 5.56 Å². The maximum absolute atomic E-state index is 12.3. The van der Waals surface area contributed by atoms with Crippen molar-refractivity contribution in [2.45, 2.75) is 0 Å². The minimum absolute atomic E-state index is 0.151. The third-order valence-corrected chi connectivity index (χ3v) is 2.75. The van der Waals surface area contributed by atoms with E-state index in [2.05, 4.69) is 26.2 Å². The normalized spacial score (nSPS) is 10.6. The average Bonchev–Trinajstić information content (AvgIpc) is 2.45. The van der Waals surface area contributed by atoms with Crippen LogP contribution in [0.3, 0.4) is 0 Å². The van der Waals surface area contributed by atoms with Gasteiger partial charge in [-0.3, -0.25) is 9.59 Å². The lowest BCUT2D eigenvalue weighted by Gasteiger charge is -2.07. The van der Waals surface area contributed by atoms with Crippen LogP contribution in [0.25, 0.3) is 0 Å². The number of nitrogens with one attached hydrogen (secondary N) is 2. The zero-order chi connectivity index (χ0) is 13.7. The summed E-state index contributed by atoms with van der Waals surface area (Å²) < 4.78 is 0. The highest BCUT2D eigenvalue weighted by molar-refractivity contribution is 9.11. The molecule has 0 atom stereocenters. The summed E-state index contributed by atoms with van der Waals surface area (Å²) in [5, 5.41) is 2.85. The minimum atomic E-state index is -0.268. The van der Waals surface area contributed by atoms with Crippen molar-refractivity contribution >= 4 is 27.5 Å². The number of ketones is 1. The maximum Gasteiger partial charge on any atom is 0.249 e. The molecule has 0 aliphatic carbocycles. The molecule has 2 aromatic rings. The maximum atomic E-state index is 12.3. The zero-order valence-electron chi connectivity index (χ0n) is 9.89. The highest BCUT2D eigenvalue weighted by atomic mass is 79.9. The number of benzene rings is 1. The SMILES string of the molecule is O=C(c1ccccc1)c1ccc(=O)[nH]c1N/C=C/Br. The van der Waals surface area contributed by atoms with Gasteiger partial charge in [0.05, 0.1) is 5.56 Å². The van der Waals surface area contributed by atoms with Crippen molar-refractivity contribution in [2.75, 3.05) is 5.32 Å². The Bertz CT molecular complexity index is 663. The molecule has 0 spiro atoms. The third-order valence-electron chi connectivity index (χ3n) is 2.49. The number of hydrogen-bond donors (Lipinski definition) is 2. The molecule has 0 aliphatic rings. The molecule has 1 heterocycles. The Morgan fingerprint density at radius 3 is 2.58 bits per heavy atom. The van der Waals surface area contributed by atoms with E-state index in [0.29, 0.717) is 16.9 Å². The highest BCUT2D eigenvalue weighted by Crippen LogP contribution is 2.15. The Balaban J connectivity index is 2.44. The number of anilines is 1. The molecule has 2 rings (SSSR count). The smallest absolute Gasteiger partial charge is 0.249 e. The van der Waals surface area contributed by atoms with Crippen molar-refractivity contribution in [3.63, 3.8) is 0 Å². The number of rotatable bonds is 4. The van der Waals surface area contributed by atoms with E-state index in [1.54, 1.807) is 35.5 Å². The standard InChI is InChI=1S/C14H11BrN2O2/c15-8-9-16-14-11(6-7-12(18)17-14)13(19)10-4-2-1-3-5-10/h1-9H,(H2,16,17,18)/b9-8+. The lowest BCUT2D eigenvalue weighted by atomic mass is 10.0. The Kier molecular flexibility index (Phi) is 4.30. The molecule has 0 saturated heterocycles. The van der Waals surface area contributed by atoms with Crippen molar-refractivity contribution < 1.29 is 4.79 Å². The van der Waals surface area contributed by atoms with Gasteiger partial charge in [0.15, 0.2) is 5.78 Å². The molecule has 1 aromatic heterocycles. The molecule has 0 aliphatic heterocycles. The van der Waals surface area contributed by atoms with Crippen LogP contribution in [-0.4, -0.2) is 10.8 Å². The second-order valence-electron chi connectivity index (χ2n) is 3.74. The number of aromatic amines is 1. The number of carbonyl (C=O) groups is 1. The van der Waals surface area contributed by atoms with Crippen molar-refractivity contribution in [3.8, 4) is 0 Å². The summed E-state index contributed by atoms with van der Waals surface area (Å²) in [4.78, 5) is 27.9. The number of halogens is 1. The van der Waals surface area contributed by atoms with Crippen LogP contribution in [-0.2, 0) is 0 Å². The summed E-state index contributed by atoms with van der Waals surface area (Å²) in [6, 6.07) is 11.7. The number of hydrogen-bond acceptors (Lipinski definition) is 3. The molecule has 0 saturated carbocycles. The zero-order valence-corrected chi connectivity index (χ0v) is 11.5. The first-order valence-corrected chi connectivity index (χ1v) is 6.49. The van der Waals surface area contributed by atoms with Crippen molar-refractivity contribution in [2.24, 2.45) is 0 Å². The molecule has 0 fully saturated rings. The molecule has 4 nitrogen and oxygen atoms in total. The molecular formula is C14H11BrN2O2. The van der Waals surface area contributed by atoms with Crippen LogP contribution in [0.1, 0.15) is 15.9 Å². The van der Waals surface area contributed by atoms with Crippen LogP contribution < -0.4 is 10.9 Å². The third kappa shape index (κ3) is 3.20. The summed E-state index contributed by atoms with van der Waals surface area (Å²) >= 11 is 3.11. The first-order valence-electron chi connectivity index (χ1n) is 5.57. The topological polar surface area (TPSA) is 62.0 Å². The molecule has 0 amide bonds. The monoisotopic (exact) mass is 318 g/mol. The lowest BCUT2D eigenvalue weighted by molar-refractivity contribution is 0.103. The predicted octanol–water partition coefficient (Wildman–Crippen LogP) is 2.88. The second-order valence-corrected chi connectivity index (χ2v) is 4.27. The van der Waals surface area contributed by atoms with Crippen LogP contribution in [0, 0.1) is 0 Å². The molecule has 1 aromatic carbocycles. The van der Waals surface area contributed by atoms with Gasteiger partial charge < -0.3 is 10.3 Å². The van der Waals surface area contributed by atoms with E-state index in [-0.39, 0.29) is 11.3 Å². The van der Waals surface area contributed by atoms with Crippen LogP contribution in [0.15, 0.2) is 58.4 Å². The summed E-state index contributed by atoms with van der Waals surface area (Å²) in [6.07, 6.45) is 1.58. The van der Waals surface area contributed by atoms with Crippen molar-refractivity contribution in [1.29, 1.82) is 0 Å². The van der Waals surface area contributed by atoms with E-state index in [4.69, 9.17) is 0 Å². The number of pyridine rings is 1. The molecular weight excluding hydrogens is 308 g/mol. The number of aromatic nitrogens is 1. The molecule has 0 unspecified atom stereocenters. The van der Waals surface area contributed by atoms with Gasteiger partial charge in [-0.1, -0.05) is 46.3 Å². The van der Waals surface area contributed by atoms with Gasteiger partial charge in [-0.05, 0) is 11.1 Å². The second kappa shape index (κ2) is 6.15. The molecule has 96 valence electrons. The van der Waals surface area contributed by atoms with Gasteiger partial charge in [0.25, 0.3) is 0 Å². The van der Waals surface area contributed by atoms with Gasteiger partial charge in [-0.15, -0.1) is 0 Å². The first-order chi connectivity index (χ1) is 9.22. The largest absolute Gasteiger partial charge is 0.347 e. The van der Waals surface area contributed by atoms with E-state index in [9.17, 15) is 9.59 Å². The molecule has 5 heteroatoms. The summed E-state index contributed by atoms with van der Waals surface area (Å²) in [7, 11) is 0. The fraction of sp³-hybridized carbons (Fsp3) is 0. The van der Waals surface area contributed by atoms with Gasteiger partial charge in [-0.25, -0.2) is 0 Å². The van der Waals surface area contributed by atoms with Gasteiger partial charge in [0.1, 0.15) is 5.82 Å². The highest BCUT2D eigenvalue weighted by Gasteiger charge is 2.13. The van der Waals surface area contributed by atoms with Crippen molar-refractivity contribution in [3.05, 3.63) is 75.1 Å². The summed E-state index contributed by atoms with van der Waals surface area (Å²) in [6.45, 7) is 0. The Hall–Kier alpha value is -2.14. The molecule has 0 bridgehead atoms. The van der Waals surface area contributed by atoms with Crippen molar-refractivity contribution in [1.82, 2.24) is 4.98 Å². The van der Waals surface area contributed by atoms with Crippen LogP contribution in [0.5, 0.6) is 0 Å². The fourth-order valence-electron chi connectivity index (χ4n) is 1.64. The van der Waals surface area contributed by atoms with Gasteiger partial charge in [0, 0.05) is 17.8 Å². The Labute approximate surface area is 118 Å². The van der Waals surface area contributed by atoms with E-state index in [0.717, 1.165) is 0 Å². The summed E-state index contributed by atoms with van der Waals surface area (Å²) in [5.74, 6) is 0.222. The van der Waals surface area contributed by atoms with E-state index in [1.165, 1.54) is 12.1 Å². The number of carbonyl (C=O) groups excluding carboxylic acids is 1. The van der Waals surface area contributed by atoms with E-state index >= 15 is 0 Å². The van der Waals surface area contributed by atoms with Crippen LogP contribution in [0.2, 0.25) is 0 Å². The average molecular weight is 319 g/mol. The molecule has 19 heavy (non-hydrogen) atoms. The fourth-order valence-corrected chi connectivity index (χ4v) is 1.77. The first kappa shape index (κ1) is 13.3. The minimum Gasteiger partial charge on any atom is -0.347 e. The summed E-state index contributed by atoms with van der Waals surface area (Å²) in [5.41, 5.74) is 0.715. The van der Waals surface area contributed by atoms with Gasteiger partial charge in [-0.2, -0.15) is 0 Å². The Morgan fingerprint density at radius 1 is 1.16 bits per heavy atom. The number of H-pyrrole nitrogens is 1. The van der Waals surface area contributed by atoms with E-state index in [1.807, 2.05) is 6.07 Å².